The fourth-order valence-corrected chi connectivity index (χ4v) is 2.10. The van der Waals surface area contributed by atoms with Crippen LogP contribution in [0.2, 0.25) is 0 Å². The largest absolute Gasteiger partial charge is 0.388 e. The second kappa shape index (κ2) is 8.25. The van der Waals surface area contributed by atoms with Gasteiger partial charge in [0.05, 0.1) is 12.7 Å². The molecular formula is C15H25NO2. The lowest BCUT2D eigenvalue weighted by Gasteiger charge is -2.23. The zero-order valence-electron chi connectivity index (χ0n) is 11.6. The quantitative estimate of drug-likeness (QED) is 0.746. The maximum Gasteiger partial charge on any atom is 0.0804 e. The first-order chi connectivity index (χ1) is 8.67. The van der Waals surface area contributed by atoms with Crippen molar-refractivity contribution in [1.29, 1.82) is 0 Å². The molecule has 2 N–H and O–H groups in total. The Morgan fingerprint density at radius 2 is 1.94 bits per heavy atom. The van der Waals surface area contributed by atoms with Crippen molar-refractivity contribution >= 4 is 0 Å². The Morgan fingerprint density at radius 3 is 2.50 bits per heavy atom. The monoisotopic (exact) mass is 251 g/mol. The lowest BCUT2D eigenvalue weighted by atomic mass is 10.0. The zero-order valence-corrected chi connectivity index (χ0v) is 11.6. The molecule has 0 spiro atoms. The first-order valence-corrected chi connectivity index (χ1v) is 6.65. The number of nitrogens with one attached hydrogen (secondary N) is 1. The number of rotatable bonds is 8. The Bertz CT molecular complexity index is 316. The van der Waals surface area contributed by atoms with Crippen LogP contribution in [0.1, 0.15) is 38.4 Å². The normalized spacial score (nSPS) is 16.2. The van der Waals surface area contributed by atoms with E-state index in [9.17, 15) is 5.11 Å². The number of methoxy groups -OCH3 is 1. The molecule has 0 heterocycles. The fraction of sp³-hybridized carbons (Fsp3) is 0.600. The van der Waals surface area contributed by atoms with E-state index >= 15 is 0 Å². The van der Waals surface area contributed by atoms with Gasteiger partial charge in [-0.3, -0.25) is 0 Å². The summed E-state index contributed by atoms with van der Waals surface area (Å²) in [5.41, 5.74) is 0.978. The number of benzene rings is 1. The molecule has 3 nitrogen and oxygen atoms in total. The van der Waals surface area contributed by atoms with Gasteiger partial charge in [0, 0.05) is 19.2 Å². The van der Waals surface area contributed by atoms with Crippen molar-refractivity contribution in [1.82, 2.24) is 5.32 Å². The van der Waals surface area contributed by atoms with E-state index in [1.54, 1.807) is 7.11 Å². The van der Waals surface area contributed by atoms with Gasteiger partial charge in [-0.15, -0.1) is 0 Å². The van der Waals surface area contributed by atoms with Gasteiger partial charge in [0.25, 0.3) is 0 Å². The number of aliphatic hydroxyl groups is 1. The van der Waals surface area contributed by atoms with Crippen molar-refractivity contribution in [2.24, 2.45) is 0 Å². The lowest BCUT2D eigenvalue weighted by Crippen LogP contribution is -2.39. The molecule has 0 saturated heterocycles. The summed E-state index contributed by atoms with van der Waals surface area (Å²) in [5.74, 6) is 0. The maximum atomic E-state index is 10.1. The van der Waals surface area contributed by atoms with Crippen LogP contribution in [-0.4, -0.2) is 30.9 Å². The van der Waals surface area contributed by atoms with Gasteiger partial charge in [0.2, 0.25) is 0 Å². The Balaban J connectivity index is 2.42. The summed E-state index contributed by atoms with van der Waals surface area (Å²) < 4.78 is 5.16. The average molecular weight is 251 g/mol. The molecule has 0 aliphatic heterocycles. The van der Waals surface area contributed by atoms with E-state index in [2.05, 4.69) is 19.2 Å². The van der Waals surface area contributed by atoms with Crippen LogP contribution in [0.25, 0.3) is 0 Å². The molecule has 0 saturated carbocycles. The van der Waals surface area contributed by atoms with E-state index in [-0.39, 0.29) is 6.04 Å². The lowest BCUT2D eigenvalue weighted by molar-refractivity contribution is 0.132. The highest BCUT2D eigenvalue weighted by atomic mass is 16.5. The average Bonchev–Trinajstić information content (AvgIpc) is 2.39. The number of aliphatic hydroxyl groups excluding tert-OH is 1. The highest BCUT2D eigenvalue weighted by molar-refractivity contribution is 5.17. The molecule has 1 aromatic rings. The van der Waals surface area contributed by atoms with Crippen LogP contribution in [0, 0.1) is 0 Å². The molecule has 0 amide bonds. The minimum Gasteiger partial charge on any atom is -0.388 e. The third kappa shape index (κ3) is 5.17. The van der Waals surface area contributed by atoms with E-state index in [0.29, 0.717) is 19.1 Å². The van der Waals surface area contributed by atoms with Crippen molar-refractivity contribution in [3.8, 4) is 0 Å². The summed E-state index contributed by atoms with van der Waals surface area (Å²) in [4.78, 5) is 0. The molecule has 18 heavy (non-hydrogen) atoms. The second-order valence-electron chi connectivity index (χ2n) is 4.79. The zero-order chi connectivity index (χ0) is 13.4. The smallest absolute Gasteiger partial charge is 0.0804 e. The van der Waals surface area contributed by atoms with Crippen molar-refractivity contribution in [3.05, 3.63) is 35.9 Å². The molecule has 3 unspecified atom stereocenters. The van der Waals surface area contributed by atoms with Crippen molar-refractivity contribution < 1.29 is 9.84 Å². The Labute approximate surface area is 110 Å². The molecular weight excluding hydrogens is 226 g/mol. The van der Waals surface area contributed by atoms with Gasteiger partial charge in [-0.05, 0) is 25.3 Å². The highest BCUT2D eigenvalue weighted by Gasteiger charge is 2.15. The molecule has 0 aliphatic carbocycles. The molecule has 0 bridgehead atoms. The molecule has 1 aromatic carbocycles. The standard InChI is InChI=1S/C15H25NO2/c1-4-14(11-18-3)16-12(2)10-15(17)13-8-6-5-7-9-13/h5-9,12,14-17H,4,10-11H2,1-3H3. The molecule has 0 aliphatic rings. The predicted octanol–water partition coefficient (Wildman–Crippen LogP) is 2.51. The third-order valence-corrected chi connectivity index (χ3v) is 3.14. The number of hydrogen-bond acceptors (Lipinski definition) is 3. The van der Waals surface area contributed by atoms with Crippen LogP contribution in [0.4, 0.5) is 0 Å². The van der Waals surface area contributed by atoms with E-state index < -0.39 is 6.10 Å². The molecule has 3 atom stereocenters. The third-order valence-electron chi connectivity index (χ3n) is 3.14. The molecule has 1 rings (SSSR count). The Kier molecular flexibility index (Phi) is 6.94. The molecule has 3 heteroatoms. The van der Waals surface area contributed by atoms with Gasteiger partial charge in [-0.2, -0.15) is 0 Å². The van der Waals surface area contributed by atoms with Crippen molar-refractivity contribution in [3.63, 3.8) is 0 Å². The molecule has 0 radical (unpaired) electrons. The van der Waals surface area contributed by atoms with E-state index in [0.717, 1.165) is 12.0 Å². The maximum absolute atomic E-state index is 10.1. The number of ether oxygens (including phenoxy) is 1. The summed E-state index contributed by atoms with van der Waals surface area (Å²) in [6, 6.07) is 10.4. The van der Waals surface area contributed by atoms with E-state index in [1.165, 1.54) is 0 Å². The van der Waals surface area contributed by atoms with Gasteiger partial charge >= 0.3 is 0 Å². The summed E-state index contributed by atoms with van der Waals surface area (Å²) in [7, 11) is 1.72. The summed E-state index contributed by atoms with van der Waals surface area (Å²) in [6.45, 7) is 4.95. The van der Waals surface area contributed by atoms with Gasteiger partial charge in [-0.25, -0.2) is 0 Å². The molecule has 102 valence electrons. The number of hydrogen-bond donors (Lipinski definition) is 2. The van der Waals surface area contributed by atoms with Crippen LogP contribution < -0.4 is 5.32 Å². The van der Waals surface area contributed by atoms with Crippen molar-refractivity contribution in [2.75, 3.05) is 13.7 Å². The van der Waals surface area contributed by atoms with Gasteiger partial charge in [-0.1, -0.05) is 37.3 Å². The Hall–Kier alpha value is -0.900. The minimum atomic E-state index is -0.409. The predicted molar refractivity (Wildman–Crippen MR) is 74.6 cm³/mol. The van der Waals surface area contributed by atoms with Crippen LogP contribution in [0.15, 0.2) is 30.3 Å². The minimum absolute atomic E-state index is 0.264. The van der Waals surface area contributed by atoms with Crippen LogP contribution in [0.5, 0.6) is 0 Å². The second-order valence-corrected chi connectivity index (χ2v) is 4.79. The Morgan fingerprint density at radius 1 is 1.28 bits per heavy atom. The molecule has 0 aromatic heterocycles. The topological polar surface area (TPSA) is 41.5 Å². The van der Waals surface area contributed by atoms with Crippen LogP contribution >= 0.6 is 0 Å². The SMILES string of the molecule is CCC(COC)NC(C)CC(O)c1ccccc1. The fourth-order valence-electron chi connectivity index (χ4n) is 2.10. The van der Waals surface area contributed by atoms with E-state index in [4.69, 9.17) is 4.74 Å². The molecule has 0 fully saturated rings. The van der Waals surface area contributed by atoms with Crippen molar-refractivity contribution in [2.45, 2.75) is 44.9 Å². The van der Waals surface area contributed by atoms with Gasteiger partial charge < -0.3 is 15.2 Å². The van der Waals surface area contributed by atoms with Gasteiger partial charge in [0.1, 0.15) is 0 Å². The van der Waals surface area contributed by atoms with Gasteiger partial charge in [0.15, 0.2) is 0 Å². The van der Waals surface area contributed by atoms with Crippen LogP contribution in [0.3, 0.4) is 0 Å². The highest BCUT2D eigenvalue weighted by Crippen LogP contribution is 2.18. The summed E-state index contributed by atoms with van der Waals surface area (Å²) >= 11 is 0. The first-order valence-electron chi connectivity index (χ1n) is 6.65. The summed E-state index contributed by atoms with van der Waals surface area (Å²) in [5, 5.41) is 13.6. The van der Waals surface area contributed by atoms with Crippen LogP contribution in [-0.2, 0) is 4.74 Å². The first kappa shape index (κ1) is 15.2. The summed E-state index contributed by atoms with van der Waals surface area (Å²) in [6.07, 6.45) is 1.33. The van der Waals surface area contributed by atoms with E-state index in [1.807, 2.05) is 30.3 Å².